The maximum absolute atomic E-state index is 4.91. The first kappa shape index (κ1) is 28.2. The number of allylic oxidation sites excluding steroid dienone is 8. The number of rotatable bonds is 4. The number of hydrogen-bond acceptors (Lipinski definition) is 0. The van der Waals surface area contributed by atoms with Crippen LogP contribution in [0.3, 0.4) is 0 Å². The van der Waals surface area contributed by atoms with Gasteiger partial charge in [0.15, 0.2) is 0 Å². The summed E-state index contributed by atoms with van der Waals surface area (Å²) >= 11 is 0. The van der Waals surface area contributed by atoms with Gasteiger partial charge in [-0.15, -0.1) is 0 Å². The van der Waals surface area contributed by atoms with Crippen molar-refractivity contribution in [2.45, 2.75) is 107 Å². The third-order valence-electron chi connectivity index (χ3n) is 12.9. The molecule has 1 fully saturated rings. The second-order valence-corrected chi connectivity index (χ2v) is 14.5. The number of aryl methyl sites for hydroxylation is 1. The minimum Gasteiger partial charge on any atom is -0.0992 e. The summed E-state index contributed by atoms with van der Waals surface area (Å²) in [7, 11) is 0. The molecule has 0 spiro atoms. The normalized spacial score (nSPS) is 34.7. The van der Waals surface area contributed by atoms with Crippen LogP contribution in [-0.4, -0.2) is 0 Å². The highest BCUT2D eigenvalue weighted by atomic mass is 14.7. The molecule has 1 saturated carbocycles. The fourth-order valence-corrected chi connectivity index (χ4v) is 10.2. The smallest absolute Gasteiger partial charge is 0.0196 e. The zero-order valence-electron chi connectivity index (χ0n) is 26.5. The maximum atomic E-state index is 4.91. The van der Waals surface area contributed by atoms with E-state index < -0.39 is 0 Å². The molecule has 0 heterocycles. The summed E-state index contributed by atoms with van der Waals surface area (Å²) in [6.45, 7) is 40.5. The molecule has 0 aromatic heterocycles. The summed E-state index contributed by atoms with van der Waals surface area (Å²) < 4.78 is 0. The molecule has 0 aliphatic heterocycles. The van der Waals surface area contributed by atoms with E-state index in [0.29, 0.717) is 17.8 Å². The van der Waals surface area contributed by atoms with Crippen molar-refractivity contribution in [1.29, 1.82) is 0 Å². The molecular weight excluding hydrogens is 468 g/mol. The molecule has 0 amide bonds. The van der Waals surface area contributed by atoms with E-state index in [4.69, 9.17) is 13.2 Å². The van der Waals surface area contributed by atoms with Gasteiger partial charge in [-0.25, -0.2) is 0 Å². The van der Waals surface area contributed by atoms with Gasteiger partial charge < -0.3 is 0 Å². The Kier molecular flexibility index (Phi) is 6.57. The van der Waals surface area contributed by atoms with Crippen LogP contribution in [0.5, 0.6) is 0 Å². The van der Waals surface area contributed by atoms with Crippen LogP contribution in [0.25, 0.3) is 5.57 Å². The van der Waals surface area contributed by atoms with E-state index in [1.165, 1.54) is 81.4 Å². The van der Waals surface area contributed by atoms with E-state index in [1.54, 1.807) is 5.56 Å². The van der Waals surface area contributed by atoms with Crippen LogP contribution < -0.4 is 0 Å². The van der Waals surface area contributed by atoms with Crippen molar-refractivity contribution in [1.82, 2.24) is 0 Å². The highest BCUT2D eigenvalue weighted by Gasteiger charge is 2.65. The van der Waals surface area contributed by atoms with Crippen LogP contribution >= 0.6 is 0 Å². The second kappa shape index (κ2) is 9.09. The molecule has 5 rings (SSSR count). The number of fused-ring (bicyclic) bond motifs is 3. The first-order chi connectivity index (χ1) is 18.1. The highest BCUT2D eigenvalue weighted by Crippen LogP contribution is 2.74. The Morgan fingerprint density at radius 3 is 2.18 bits per heavy atom. The lowest BCUT2D eigenvalue weighted by Crippen LogP contribution is -2.58. The van der Waals surface area contributed by atoms with E-state index in [9.17, 15) is 0 Å². The zero-order chi connectivity index (χ0) is 28.8. The second-order valence-electron chi connectivity index (χ2n) is 14.5. The van der Waals surface area contributed by atoms with E-state index in [0.717, 1.165) is 18.4 Å². The van der Waals surface area contributed by atoms with Crippen molar-refractivity contribution in [3.63, 3.8) is 0 Å². The first-order valence-electron chi connectivity index (χ1n) is 15.4. The summed E-state index contributed by atoms with van der Waals surface area (Å²) in [6.07, 6.45) is 7.43. The fraction of sp³-hybridized carbons (Fsp3) is 0.538. The van der Waals surface area contributed by atoms with Crippen molar-refractivity contribution in [2.75, 3.05) is 0 Å². The van der Waals surface area contributed by atoms with Gasteiger partial charge >= 0.3 is 0 Å². The average molecular weight is 521 g/mol. The Labute approximate surface area is 239 Å². The molecule has 5 atom stereocenters. The van der Waals surface area contributed by atoms with Gasteiger partial charge in [0, 0.05) is 10.8 Å². The molecule has 0 unspecified atom stereocenters. The molecule has 1 aromatic rings. The zero-order valence-corrected chi connectivity index (χ0v) is 26.5. The minimum absolute atomic E-state index is 0.0129. The van der Waals surface area contributed by atoms with E-state index in [2.05, 4.69) is 87.6 Å². The summed E-state index contributed by atoms with van der Waals surface area (Å²) in [5, 5.41) is 0. The van der Waals surface area contributed by atoms with Crippen LogP contribution in [0, 0.1) is 35.0 Å². The van der Waals surface area contributed by atoms with Gasteiger partial charge in [0.2, 0.25) is 0 Å². The lowest BCUT2D eigenvalue weighted by Gasteiger charge is -2.67. The Hall–Kier alpha value is -2.34. The van der Waals surface area contributed by atoms with Gasteiger partial charge in [-0.05, 0) is 121 Å². The van der Waals surface area contributed by atoms with Crippen LogP contribution in [0.2, 0.25) is 0 Å². The molecule has 0 N–H and O–H groups in total. The minimum atomic E-state index is -0.141. The molecule has 0 saturated heterocycles. The average Bonchev–Trinajstić information content (AvgIpc) is 3.40. The molecule has 0 heteroatoms. The van der Waals surface area contributed by atoms with Crippen molar-refractivity contribution in [2.24, 2.45) is 28.1 Å². The molecule has 0 nitrogen and oxygen atoms in total. The Balaban J connectivity index is 1.74. The molecule has 208 valence electrons. The van der Waals surface area contributed by atoms with Gasteiger partial charge in [0.1, 0.15) is 0 Å². The summed E-state index contributed by atoms with van der Waals surface area (Å²) in [4.78, 5) is 0. The predicted molar refractivity (Wildman–Crippen MR) is 171 cm³/mol. The van der Waals surface area contributed by atoms with E-state index >= 15 is 0 Å². The van der Waals surface area contributed by atoms with Crippen molar-refractivity contribution < 1.29 is 0 Å². The SMILES string of the molecule is C=C(C)C1=C(C)C[C@@]2(C)[C@H](C)[C@]3(C)C(=C(C)[C@@]2(C)C1=C)C(=C)c1c(C)ccc(CC(=C)C2CCCC2)c1[C@H]3C. The molecule has 39 heavy (non-hydrogen) atoms. The van der Waals surface area contributed by atoms with Crippen molar-refractivity contribution >= 4 is 5.57 Å². The van der Waals surface area contributed by atoms with Crippen LogP contribution in [-0.2, 0) is 6.42 Å². The van der Waals surface area contributed by atoms with E-state index in [-0.39, 0.29) is 16.2 Å². The molecule has 0 radical (unpaired) electrons. The Morgan fingerprint density at radius 1 is 0.974 bits per heavy atom. The topological polar surface area (TPSA) is 0 Å². The third kappa shape index (κ3) is 3.49. The van der Waals surface area contributed by atoms with Crippen LogP contribution in [0.1, 0.15) is 116 Å². The van der Waals surface area contributed by atoms with Gasteiger partial charge in [0.25, 0.3) is 0 Å². The monoisotopic (exact) mass is 520 g/mol. The third-order valence-corrected chi connectivity index (χ3v) is 12.9. The van der Waals surface area contributed by atoms with Crippen LogP contribution in [0.4, 0.5) is 0 Å². The van der Waals surface area contributed by atoms with Crippen molar-refractivity contribution in [3.8, 4) is 0 Å². The van der Waals surface area contributed by atoms with Gasteiger partial charge in [-0.3, -0.25) is 0 Å². The summed E-state index contributed by atoms with van der Waals surface area (Å²) in [6, 6.07) is 4.76. The highest BCUT2D eigenvalue weighted by molar-refractivity contribution is 5.88. The van der Waals surface area contributed by atoms with E-state index in [1.807, 2.05) is 0 Å². The van der Waals surface area contributed by atoms with Gasteiger partial charge in [-0.1, -0.05) is 108 Å². The fourth-order valence-electron chi connectivity index (χ4n) is 10.2. The molecule has 0 bridgehead atoms. The quantitative estimate of drug-likeness (QED) is 0.346. The first-order valence-corrected chi connectivity index (χ1v) is 15.4. The Morgan fingerprint density at radius 2 is 1.59 bits per heavy atom. The summed E-state index contributed by atoms with van der Waals surface area (Å²) in [5.41, 5.74) is 16.5. The molecule has 1 aromatic carbocycles. The largest absolute Gasteiger partial charge is 0.0992 e. The standard InChI is InChI=1S/C39H52/c1-22(2)33-25(5)21-37(11)30(10)38(12)27(7)35-32(20-24(4)31-16-14-15-17-31)19-18-23(3)34(35)26(6)36(38)29(9)39(37,13)28(33)8/h18-19,27,30-31H,1,4,6,8,14-17,20-21H2,2-3,5,7,9-13H3/t27-,30+,37+,38-,39-/m1/s1. The maximum Gasteiger partial charge on any atom is 0.0196 e. The lowest BCUT2D eigenvalue weighted by atomic mass is 9.36. The Bertz CT molecular complexity index is 1380. The van der Waals surface area contributed by atoms with Gasteiger partial charge in [-0.2, -0.15) is 0 Å². The molecular formula is C39H52. The number of hydrogen-bond donors (Lipinski definition) is 0. The van der Waals surface area contributed by atoms with Gasteiger partial charge in [0.05, 0.1) is 0 Å². The lowest BCUT2D eigenvalue weighted by molar-refractivity contribution is -0.0261. The van der Waals surface area contributed by atoms with Crippen LogP contribution in [0.15, 0.2) is 77.5 Å². The molecule has 4 aliphatic rings. The van der Waals surface area contributed by atoms with Crippen molar-refractivity contribution in [3.05, 3.63) is 99.7 Å². The predicted octanol–water partition coefficient (Wildman–Crippen LogP) is 11.3. The molecule has 4 aliphatic carbocycles. The number of benzene rings is 1. The summed E-state index contributed by atoms with van der Waals surface area (Å²) in [5.74, 6) is 1.53.